The van der Waals surface area contributed by atoms with Crippen molar-refractivity contribution in [3.05, 3.63) is 74.6 Å². The summed E-state index contributed by atoms with van der Waals surface area (Å²) in [4.78, 5) is 18.9. The molecule has 1 N–H and O–H groups in total. The maximum Gasteiger partial charge on any atom is 0.270 e. The van der Waals surface area contributed by atoms with Gasteiger partial charge in [-0.1, -0.05) is 24.3 Å². The summed E-state index contributed by atoms with van der Waals surface area (Å²) in [6.45, 7) is 1.04. The van der Waals surface area contributed by atoms with Crippen LogP contribution in [0, 0.1) is 0 Å². The highest BCUT2D eigenvalue weighted by Gasteiger charge is 2.20. The molecule has 6 heteroatoms. The Morgan fingerprint density at radius 1 is 1.25 bits per heavy atom. The fourth-order valence-electron chi connectivity index (χ4n) is 2.49. The van der Waals surface area contributed by atoms with Crippen LogP contribution in [0.1, 0.15) is 20.9 Å². The molecule has 0 radical (unpaired) electrons. The Labute approximate surface area is 153 Å². The number of rotatable bonds is 6. The zero-order valence-electron chi connectivity index (χ0n) is 13.2. The molecule has 24 heavy (non-hydrogen) atoms. The first kappa shape index (κ1) is 16.8. The third kappa shape index (κ3) is 3.88. The van der Waals surface area contributed by atoms with Gasteiger partial charge in [-0.15, -0.1) is 11.3 Å². The lowest BCUT2D eigenvalue weighted by Crippen LogP contribution is -2.30. The number of hydrogen-bond acceptors (Lipinski definition) is 3. The van der Waals surface area contributed by atoms with E-state index in [1.807, 2.05) is 46.7 Å². The summed E-state index contributed by atoms with van der Waals surface area (Å²) < 4.78 is 6.28. The molecule has 0 spiro atoms. The largest absolute Gasteiger partial charge is 0.496 e. The smallest absolute Gasteiger partial charge is 0.270 e. The third-order valence-electron chi connectivity index (χ3n) is 3.65. The molecule has 2 heterocycles. The number of ether oxygens (including phenoxy) is 1. The van der Waals surface area contributed by atoms with E-state index >= 15 is 0 Å². The molecule has 0 aliphatic heterocycles. The van der Waals surface area contributed by atoms with Crippen molar-refractivity contribution in [1.82, 2.24) is 9.88 Å². The van der Waals surface area contributed by atoms with E-state index in [1.165, 1.54) is 0 Å². The Bertz CT molecular complexity index is 814. The van der Waals surface area contributed by atoms with Gasteiger partial charge in [0.2, 0.25) is 0 Å². The number of nitrogens with one attached hydrogen (secondary N) is 1. The molecule has 0 saturated heterocycles. The van der Waals surface area contributed by atoms with Gasteiger partial charge >= 0.3 is 0 Å². The highest BCUT2D eigenvalue weighted by molar-refractivity contribution is 9.10. The molecule has 0 saturated carbocycles. The molecule has 0 fully saturated rings. The summed E-state index contributed by atoms with van der Waals surface area (Å²) in [5.41, 5.74) is 1.55. The maximum absolute atomic E-state index is 12.9. The Balaban J connectivity index is 1.88. The molecule has 0 aliphatic rings. The van der Waals surface area contributed by atoms with Gasteiger partial charge in [0, 0.05) is 21.1 Å². The molecular formula is C18H17BrN2O2S. The van der Waals surface area contributed by atoms with Crippen molar-refractivity contribution >= 4 is 33.2 Å². The van der Waals surface area contributed by atoms with Crippen LogP contribution in [0.15, 0.2) is 58.5 Å². The standard InChI is InChI=1S/C18H17BrN2O2S/c1-23-17-7-3-2-5-13(17)11-21(12-15-6-4-8-24-15)18(22)16-9-14(19)10-20-16/h2-10,20H,11-12H2,1H3. The molecule has 2 aromatic heterocycles. The summed E-state index contributed by atoms with van der Waals surface area (Å²) in [6, 6.07) is 13.6. The summed E-state index contributed by atoms with van der Waals surface area (Å²) in [5, 5.41) is 2.02. The average Bonchev–Trinajstić information content (AvgIpc) is 3.25. The minimum atomic E-state index is -0.0417. The molecule has 0 aliphatic carbocycles. The third-order valence-corrected chi connectivity index (χ3v) is 4.96. The van der Waals surface area contributed by atoms with Gasteiger partial charge in [0.25, 0.3) is 5.91 Å². The Kier molecular flexibility index (Phi) is 5.37. The van der Waals surface area contributed by atoms with E-state index in [0.29, 0.717) is 18.8 Å². The van der Waals surface area contributed by atoms with Crippen LogP contribution in [0.2, 0.25) is 0 Å². The second-order valence-electron chi connectivity index (χ2n) is 5.28. The number of H-pyrrole nitrogens is 1. The molecule has 1 amide bonds. The lowest BCUT2D eigenvalue weighted by atomic mass is 10.1. The van der Waals surface area contributed by atoms with E-state index in [-0.39, 0.29) is 5.91 Å². The molecule has 3 rings (SSSR count). The van der Waals surface area contributed by atoms with Gasteiger partial charge in [-0.05, 0) is 39.5 Å². The molecule has 3 aromatic rings. The number of halogens is 1. The van der Waals surface area contributed by atoms with Crippen molar-refractivity contribution < 1.29 is 9.53 Å². The number of methoxy groups -OCH3 is 1. The SMILES string of the molecule is COc1ccccc1CN(Cc1cccs1)C(=O)c1cc(Br)c[nH]1. The summed E-state index contributed by atoms with van der Waals surface area (Å²) >= 11 is 5.02. The van der Waals surface area contributed by atoms with Crippen LogP contribution in [0.3, 0.4) is 0 Å². The van der Waals surface area contributed by atoms with E-state index < -0.39 is 0 Å². The first-order valence-electron chi connectivity index (χ1n) is 7.45. The predicted molar refractivity (Wildman–Crippen MR) is 99.4 cm³/mol. The highest BCUT2D eigenvalue weighted by Crippen LogP contribution is 2.23. The maximum atomic E-state index is 12.9. The van der Waals surface area contributed by atoms with E-state index in [4.69, 9.17) is 4.74 Å². The summed E-state index contributed by atoms with van der Waals surface area (Å²) in [5.74, 6) is 0.745. The van der Waals surface area contributed by atoms with E-state index in [9.17, 15) is 4.79 Å². The van der Waals surface area contributed by atoms with E-state index in [2.05, 4.69) is 20.9 Å². The van der Waals surface area contributed by atoms with Gasteiger partial charge in [-0.3, -0.25) is 4.79 Å². The molecule has 0 atom stereocenters. The first-order chi connectivity index (χ1) is 11.7. The first-order valence-corrected chi connectivity index (χ1v) is 9.12. The molecular weight excluding hydrogens is 388 g/mol. The molecule has 0 bridgehead atoms. The van der Waals surface area contributed by atoms with Crippen LogP contribution in [-0.2, 0) is 13.1 Å². The Hall–Kier alpha value is -2.05. The number of hydrogen-bond donors (Lipinski definition) is 1. The minimum Gasteiger partial charge on any atom is -0.496 e. The molecule has 1 aromatic carbocycles. The van der Waals surface area contributed by atoms with Crippen LogP contribution in [0.5, 0.6) is 5.75 Å². The van der Waals surface area contributed by atoms with Crippen molar-refractivity contribution in [3.8, 4) is 5.75 Å². The van der Waals surface area contributed by atoms with Crippen LogP contribution in [-0.4, -0.2) is 22.9 Å². The van der Waals surface area contributed by atoms with E-state index in [0.717, 1.165) is 20.7 Å². The number of carbonyl (C=O) groups excluding carboxylic acids is 1. The summed E-state index contributed by atoms with van der Waals surface area (Å²) in [7, 11) is 1.65. The number of amides is 1. The van der Waals surface area contributed by atoms with Crippen LogP contribution in [0.4, 0.5) is 0 Å². The predicted octanol–water partition coefficient (Wildman–Crippen LogP) is 4.69. The lowest BCUT2D eigenvalue weighted by molar-refractivity contribution is 0.0725. The number of aromatic amines is 1. The van der Waals surface area contributed by atoms with Gasteiger partial charge in [0.05, 0.1) is 20.2 Å². The van der Waals surface area contributed by atoms with Gasteiger partial charge in [-0.25, -0.2) is 0 Å². The number of benzene rings is 1. The topological polar surface area (TPSA) is 45.3 Å². The normalized spacial score (nSPS) is 10.6. The molecule has 0 unspecified atom stereocenters. The van der Waals surface area contributed by atoms with Gasteiger partial charge < -0.3 is 14.6 Å². The number of thiophene rings is 1. The number of aromatic nitrogens is 1. The van der Waals surface area contributed by atoms with Crippen molar-refractivity contribution in [2.45, 2.75) is 13.1 Å². The zero-order valence-corrected chi connectivity index (χ0v) is 15.6. The number of para-hydroxylation sites is 1. The van der Waals surface area contributed by atoms with Crippen molar-refractivity contribution in [2.24, 2.45) is 0 Å². The molecule has 4 nitrogen and oxygen atoms in total. The van der Waals surface area contributed by atoms with Gasteiger partial charge in [-0.2, -0.15) is 0 Å². The van der Waals surface area contributed by atoms with E-state index in [1.54, 1.807) is 30.7 Å². The molecule has 124 valence electrons. The van der Waals surface area contributed by atoms with Gasteiger partial charge in [0.1, 0.15) is 11.4 Å². The van der Waals surface area contributed by atoms with Crippen LogP contribution < -0.4 is 4.74 Å². The Morgan fingerprint density at radius 3 is 2.75 bits per heavy atom. The zero-order chi connectivity index (χ0) is 16.9. The lowest BCUT2D eigenvalue weighted by Gasteiger charge is -2.23. The fraction of sp³-hybridized carbons (Fsp3) is 0.167. The second kappa shape index (κ2) is 7.68. The monoisotopic (exact) mass is 404 g/mol. The minimum absolute atomic E-state index is 0.0417. The van der Waals surface area contributed by atoms with Crippen molar-refractivity contribution in [3.63, 3.8) is 0 Å². The number of carbonyl (C=O) groups is 1. The van der Waals surface area contributed by atoms with Crippen molar-refractivity contribution in [1.29, 1.82) is 0 Å². The quantitative estimate of drug-likeness (QED) is 0.647. The van der Waals surface area contributed by atoms with Crippen LogP contribution in [0.25, 0.3) is 0 Å². The fourth-order valence-corrected chi connectivity index (χ4v) is 3.55. The van der Waals surface area contributed by atoms with Gasteiger partial charge in [0.15, 0.2) is 0 Å². The summed E-state index contributed by atoms with van der Waals surface area (Å²) in [6.07, 6.45) is 1.76. The Morgan fingerprint density at radius 2 is 2.08 bits per heavy atom. The highest BCUT2D eigenvalue weighted by atomic mass is 79.9. The number of nitrogens with zero attached hydrogens (tertiary/aromatic N) is 1. The second-order valence-corrected chi connectivity index (χ2v) is 7.23. The van der Waals surface area contributed by atoms with Crippen molar-refractivity contribution in [2.75, 3.05) is 7.11 Å². The van der Waals surface area contributed by atoms with Crippen LogP contribution >= 0.6 is 27.3 Å². The average molecular weight is 405 g/mol.